The molecule has 0 aliphatic carbocycles. The Morgan fingerprint density at radius 2 is 1.00 bits per heavy atom. The molecule has 0 bridgehead atoms. The molecule has 24 heavy (non-hydrogen) atoms. The van der Waals surface area contributed by atoms with Gasteiger partial charge < -0.3 is 9.97 Å². The maximum Gasteiger partial charge on any atom is 0.0486 e. The molecule has 0 radical (unpaired) electrons. The van der Waals surface area contributed by atoms with Crippen LogP contribution in [0.25, 0.3) is 55.8 Å². The minimum atomic E-state index is 1.14. The Labute approximate surface area is 139 Å². The molecule has 0 aliphatic rings. The maximum absolute atomic E-state index is 3.88. The highest BCUT2D eigenvalue weighted by molar-refractivity contribution is 6.17. The molecule has 2 nitrogen and oxygen atoms in total. The van der Waals surface area contributed by atoms with E-state index in [-0.39, 0.29) is 0 Å². The van der Waals surface area contributed by atoms with Gasteiger partial charge in [0.25, 0.3) is 0 Å². The number of rotatable bonds is 2. The van der Waals surface area contributed by atoms with Gasteiger partial charge in [0.05, 0.1) is 0 Å². The van der Waals surface area contributed by atoms with Gasteiger partial charge in [-0.25, -0.2) is 0 Å². The quantitative estimate of drug-likeness (QED) is 0.387. The van der Waals surface area contributed by atoms with Crippen LogP contribution < -0.4 is 0 Å². The molecule has 2 N–H and O–H groups in total. The highest BCUT2D eigenvalue weighted by Gasteiger charge is 2.10. The predicted molar refractivity (Wildman–Crippen MR) is 105 cm³/mol. The summed E-state index contributed by atoms with van der Waals surface area (Å²) in [5, 5.41) is 4.95. The van der Waals surface area contributed by atoms with E-state index in [1.54, 1.807) is 0 Å². The van der Waals surface area contributed by atoms with E-state index in [1.807, 2.05) is 12.2 Å². The third kappa shape index (κ3) is 1.71. The largest absolute Gasteiger partial charge is 0.354 e. The summed E-state index contributed by atoms with van der Waals surface area (Å²) < 4.78 is 0. The van der Waals surface area contributed by atoms with Gasteiger partial charge in [0.2, 0.25) is 0 Å². The standard InChI is InChI=1S/C22H16N2/c1-3-13-5-7-19-15(9-13)17-11-18-16-10-14(4-2)6-8-20(16)24-22(18)12-21(17)23-19/h3-12,23-24H,1-2H2. The second kappa shape index (κ2) is 4.62. The average molecular weight is 308 g/mol. The Hall–Kier alpha value is -3.26. The SMILES string of the molecule is C=Cc1ccc2[nH]c3cc4[nH]c5ccc(C=C)cc5c4cc3c2c1. The molecule has 0 saturated carbocycles. The monoisotopic (exact) mass is 308 g/mol. The molecule has 0 spiro atoms. The van der Waals surface area contributed by atoms with Gasteiger partial charge in [-0.05, 0) is 47.5 Å². The first-order chi connectivity index (χ1) is 11.8. The zero-order chi connectivity index (χ0) is 16.3. The van der Waals surface area contributed by atoms with Crippen molar-refractivity contribution in [1.29, 1.82) is 0 Å². The minimum Gasteiger partial charge on any atom is -0.354 e. The summed E-state index contributed by atoms with van der Waals surface area (Å²) in [6.45, 7) is 7.76. The number of aromatic amines is 2. The average Bonchev–Trinajstić information content (AvgIpc) is 3.15. The molecular weight excluding hydrogens is 292 g/mol. The summed E-state index contributed by atoms with van der Waals surface area (Å²) in [4.78, 5) is 7.04. The van der Waals surface area contributed by atoms with Crippen LogP contribution in [0.1, 0.15) is 11.1 Å². The first kappa shape index (κ1) is 13.2. The maximum atomic E-state index is 3.88. The molecule has 3 aromatic carbocycles. The van der Waals surface area contributed by atoms with E-state index in [0.29, 0.717) is 0 Å². The third-order valence-corrected chi connectivity index (χ3v) is 4.84. The van der Waals surface area contributed by atoms with Crippen molar-refractivity contribution in [2.75, 3.05) is 0 Å². The van der Waals surface area contributed by atoms with Crippen molar-refractivity contribution in [2.45, 2.75) is 0 Å². The summed E-state index contributed by atoms with van der Waals surface area (Å²) in [5.41, 5.74) is 6.87. The van der Waals surface area contributed by atoms with E-state index in [2.05, 4.69) is 71.7 Å². The van der Waals surface area contributed by atoms with Crippen LogP contribution in [0.15, 0.2) is 61.7 Å². The minimum absolute atomic E-state index is 1.14. The Morgan fingerprint density at radius 3 is 1.46 bits per heavy atom. The van der Waals surface area contributed by atoms with Crippen molar-refractivity contribution in [1.82, 2.24) is 9.97 Å². The Morgan fingerprint density at radius 1 is 0.542 bits per heavy atom. The van der Waals surface area contributed by atoms with Crippen molar-refractivity contribution >= 4 is 55.8 Å². The van der Waals surface area contributed by atoms with Gasteiger partial charge in [0, 0.05) is 43.6 Å². The van der Waals surface area contributed by atoms with E-state index in [9.17, 15) is 0 Å². The number of H-pyrrole nitrogens is 2. The van der Waals surface area contributed by atoms with Crippen LogP contribution in [0.5, 0.6) is 0 Å². The van der Waals surface area contributed by atoms with Crippen LogP contribution >= 0.6 is 0 Å². The van der Waals surface area contributed by atoms with Gasteiger partial charge in [-0.15, -0.1) is 0 Å². The normalized spacial score (nSPS) is 11.7. The number of benzene rings is 3. The van der Waals surface area contributed by atoms with Crippen molar-refractivity contribution < 1.29 is 0 Å². The van der Waals surface area contributed by atoms with Crippen molar-refractivity contribution in [3.8, 4) is 0 Å². The lowest BCUT2D eigenvalue weighted by Gasteiger charge is -1.97. The molecule has 0 atom stereocenters. The topological polar surface area (TPSA) is 31.6 Å². The zero-order valence-electron chi connectivity index (χ0n) is 13.2. The third-order valence-electron chi connectivity index (χ3n) is 4.84. The van der Waals surface area contributed by atoms with Gasteiger partial charge in [0.1, 0.15) is 0 Å². The van der Waals surface area contributed by atoms with E-state index >= 15 is 0 Å². The van der Waals surface area contributed by atoms with Crippen LogP contribution in [0.3, 0.4) is 0 Å². The van der Waals surface area contributed by atoms with Crippen LogP contribution in [0.2, 0.25) is 0 Å². The van der Waals surface area contributed by atoms with E-state index in [0.717, 1.165) is 33.2 Å². The fourth-order valence-corrected chi connectivity index (χ4v) is 3.58. The Balaban J connectivity index is 1.95. The first-order valence-electron chi connectivity index (χ1n) is 8.02. The van der Waals surface area contributed by atoms with Crippen LogP contribution in [0.4, 0.5) is 0 Å². The molecular formula is C22H16N2. The Kier molecular flexibility index (Phi) is 2.54. The fourth-order valence-electron chi connectivity index (χ4n) is 3.58. The number of fused-ring (bicyclic) bond motifs is 6. The van der Waals surface area contributed by atoms with Crippen LogP contribution in [-0.4, -0.2) is 9.97 Å². The first-order valence-corrected chi connectivity index (χ1v) is 8.02. The molecule has 2 aromatic heterocycles. The molecule has 0 fully saturated rings. The molecule has 5 rings (SSSR count). The Bertz CT molecular complexity index is 1180. The highest BCUT2D eigenvalue weighted by Crippen LogP contribution is 2.34. The lowest BCUT2D eigenvalue weighted by Crippen LogP contribution is -1.73. The molecule has 5 aromatic rings. The summed E-state index contributed by atoms with van der Waals surface area (Å²) in [6.07, 6.45) is 3.78. The van der Waals surface area contributed by atoms with E-state index < -0.39 is 0 Å². The van der Waals surface area contributed by atoms with E-state index in [4.69, 9.17) is 0 Å². The zero-order valence-corrected chi connectivity index (χ0v) is 13.2. The van der Waals surface area contributed by atoms with E-state index in [1.165, 1.54) is 21.5 Å². The van der Waals surface area contributed by atoms with Gasteiger partial charge in [-0.1, -0.05) is 37.4 Å². The second-order valence-electron chi connectivity index (χ2n) is 6.21. The predicted octanol–water partition coefficient (Wildman–Crippen LogP) is 6.24. The second-order valence-corrected chi connectivity index (χ2v) is 6.21. The summed E-state index contributed by atoms with van der Waals surface area (Å²) in [6, 6.07) is 17.3. The highest BCUT2D eigenvalue weighted by atomic mass is 14.7. The summed E-state index contributed by atoms with van der Waals surface area (Å²) in [7, 11) is 0. The smallest absolute Gasteiger partial charge is 0.0486 e. The van der Waals surface area contributed by atoms with Gasteiger partial charge in [-0.2, -0.15) is 0 Å². The molecule has 0 amide bonds. The van der Waals surface area contributed by atoms with Crippen LogP contribution in [-0.2, 0) is 0 Å². The number of aromatic nitrogens is 2. The lowest BCUT2D eigenvalue weighted by molar-refractivity contribution is 1.52. The molecule has 0 unspecified atom stereocenters. The summed E-state index contributed by atoms with van der Waals surface area (Å²) in [5.74, 6) is 0. The van der Waals surface area contributed by atoms with Gasteiger partial charge >= 0.3 is 0 Å². The summed E-state index contributed by atoms with van der Waals surface area (Å²) >= 11 is 0. The number of hydrogen-bond donors (Lipinski definition) is 2. The van der Waals surface area contributed by atoms with Gasteiger partial charge in [0.15, 0.2) is 0 Å². The van der Waals surface area contributed by atoms with Crippen LogP contribution in [0, 0.1) is 0 Å². The van der Waals surface area contributed by atoms with Crippen molar-refractivity contribution in [2.24, 2.45) is 0 Å². The van der Waals surface area contributed by atoms with Gasteiger partial charge in [-0.3, -0.25) is 0 Å². The fraction of sp³-hybridized carbons (Fsp3) is 0. The van der Waals surface area contributed by atoms with Crippen molar-refractivity contribution in [3.63, 3.8) is 0 Å². The lowest BCUT2D eigenvalue weighted by atomic mass is 10.1. The molecule has 2 heterocycles. The number of hydrogen-bond acceptors (Lipinski definition) is 0. The molecule has 114 valence electrons. The van der Waals surface area contributed by atoms with Crippen molar-refractivity contribution in [3.05, 3.63) is 72.8 Å². The molecule has 0 saturated heterocycles. The number of nitrogens with one attached hydrogen (secondary N) is 2. The molecule has 0 aliphatic heterocycles. The molecule has 2 heteroatoms.